The third-order valence-electron chi connectivity index (χ3n) is 6.36. The minimum Gasteiger partial charge on any atom is -0.468 e. The summed E-state index contributed by atoms with van der Waals surface area (Å²) in [6.07, 6.45) is -1.02. The van der Waals surface area contributed by atoms with Gasteiger partial charge in [0.2, 0.25) is 11.7 Å². The highest BCUT2D eigenvalue weighted by Crippen LogP contribution is 2.33. The first-order valence-corrected chi connectivity index (χ1v) is 10.8. The molecule has 2 unspecified atom stereocenters. The molecule has 1 aromatic carbocycles. The van der Waals surface area contributed by atoms with Gasteiger partial charge in [-0.25, -0.2) is 15.8 Å². The summed E-state index contributed by atoms with van der Waals surface area (Å²) in [7, 11) is 0. The van der Waals surface area contributed by atoms with Crippen molar-refractivity contribution in [1.82, 2.24) is 25.3 Å². The molecule has 0 bridgehead atoms. The molecule has 2 atom stereocenters. The second-order valence-electron chi connectivity index (χ2n) is 8.45. The number of halogens is 3. The molecular formula is C22H24F3N5O2. The molecule has 2 aromatic heterocycles. The molecule has 0 aliphatic carbocycles. The van der Waals surface area contributed by atoms with Crippen LogP contribution in [0.15, 0.2) is 47.1 Å². The number of amides is 1. The lowest BCUT2D eigenvalue weighted by Crippen LogP contribution is -2.48. The Morgan fingerprint density at radius 1 is 1.12 bits per heavy atom. The van der Waals surface area contributed by atoms with Gasteiger partial charge in [-0.3, -0.25) is 4.79 Å². The molecule has 32 heavy (non-hydrogen) atoms. The molecule has 2 N–H and O–H groups in total. The molecule has 170 valence electrons. The summed E-state index contributed by atoms with van der Waals surface area (Å²) in [5.74, 6) is -0.0284. The number of benzene rings is 1. The second kappa shape index (κ2) is 8.25. The Balaban J connectivity index is 1.22. The summed E-state index contributed by atoms with van der Waals surface area (Å²) >= 11 is 0. The lowest BCUT2D eigenvalue weighted by Gasteiger charge is -2.34. The molecule has 0 radical (unpaired) electrons. The molecule has 0 spiro atoms. The molecule has 3 aromatic rings. The van der Waals surface area contributed by atoms with Crippen molar-refractivity contribution >= 4 is 16.9 Å². The van der Waals surface area contributed by atoms with Crippen LogP contribution >= 0.6 is 0 Å². The predicted octanol–water partition coefficient (Wildman–Crippen LogP) is 3.49. The van der Waals surface area contributed by atoms with E-state index < -0.39 is 12.0 Å². The molecule has 2 aliphatic rings. The Morgan fingerprint density at radius 2 is 1.91 bits per heavy atom. The van der Waals surface area contributed by atoms with Crippen molar-refractivity contribution in [3.05, 3.63) is 54.2 Å². The van der Waals surface area contributed by atoms with Crippen LogP contribution in [0.25, 0.3) is 11.0 Å². The van der Waals surface area contributed by atoms with Gasteiger partial charge in [0.1, 0.15) is 11.8 Å². The van der Waals surface area contributed by atoms with Crippen LogP contribution in [-0.4, -0.2) is 39.5 Å². The molecule has 4 heterocycles. The molecule has 2 saturated heterocycles. The average molecular weight is 447 g/mol. The van der Waals surface area contributed by atoms with Crippen LogP contribution in [0.3, 0.4) is 0 Å². The van der Waals surface area contributed by atoms with Crippen molar-refractivity contribution in [2.75, 3.05) is 13.1 Å². The Kier molecular flexibility index (Phi) is 5.42. The fourth-order valence-electron chi connectivity index (χ4n) is 4.69. The van der Waals surface area contributed by atoms with Crippen LogP contribution in [0.5, 0.6) is 0 Å². The summed E-state index contributed by atoms with van der Waals surface area (Å²) in [5, 5.41) is 0. The number of hydrogen-bond donors (Lipinski definition) is 2. The quantitative estimate of drug-likeness (QED) is 0.641. The van der Waals surface area contributed by atoms with E-state index in [-0.39, 0.29) is 30.5 Å². The van der Waals surface area contributed by atoms with Gasteiger partial charge in [-0.1, -0.05) is 12.1 Å². The molecule has 7 nitrogen and oxygen atoms in total. The predicted molar refractivity (Wildman–Crippen MR) is 110 cm³/mol. The number of hydrazine groups is 1. The number of piperidine rings is 1. The number of fused-ring (bicyclic) bond motifs is 1. The topological polar surface area (TPSA) is 75.3 Å². The average Bonchev–Trinajstić information content (AvgIpc) is 3.53. The maximum atomic E-state index is 13.6. The van der Waals surface area contributed by atoms with Crippen molar-refractivity contribution in [1.29, 1.82) is 0 Å². The van der Waals surface area contributed by atoms with E-state index in [0.717, 1.165) is 5.76 Å². The molecule has 1 amide bonds. The van der Waals surface area contributed by atoms with Gasteiger partial charge < -0.3 is 13.9 Å². The zero-order chi connectivity index (χ0) is 22.3. The van der Waals surface area contributed by atoms with E-state index in [9.17, 15) is 18.0 Å². The number of para-hydroxylation sites is 2. The summed E-state index contributed by atoms with van der Waals surface area (Å²) in [5.41, 5.74) is 6.98. The van der Waals surface area contributed by atoms with Crippen LogP contribution in [0, 0.1) is 5.92 Å². The first-order chi connectivity index (χ1) is 15.4. The van der Waals surface area contributed by atoms with Gasteiger partial charge in [-0.2, -0.15) is 13.2 Å². The molecule has 0 saturated carbocycles. The van der Waals surface area contributed by atoms with Gasteiger partial charge in [0, 0.05) is 19.6 Å². The highest BCUT2D eigenvalue weighted by Gasteiger charge is 2.39. The minimum absolute atomic E-state index is 0.00840. The molecule has 2 aliphatic heterocycles. The maximum Gasteiger partial charge on any atom is 0.449 e. The number of carbonyl (C=O) groups excluding carboxylic acids is 1. The van der Waals surface area contributed by atoms with E-state index in [1.807, 2.05) is 12.1 Å². The van der Waals surface area contributed by atoms with E-state index >= 15 is 0 Å². The first-order valence-electron chi connectivity index (χ1n) is 10.8. The number of furan rings is 1. The fraction of sp³-hybridized carbons (Fsp3) is 0.455. The van der Waals surface area contributed by atoms with Crippen molar-refractivity contribution in [2.24, 2.45) is 5.92 Å². The van der Waals surface area contributed by atoms with Crippen molar-refractivity contribution < 1.29 is 22.4 Å². The van der Waals surface area contributed by atoms with Crippen molar-refractivity contribution in [2.45, 2.75) is 44.1 Å². The number of carbonyl (C=O) groups is 1. The Labute approximate surface area is 182 Å². The molecule has 10 heteroatoms. The first kappa shape index (κ1) is 21.0. The van der Waals surface area contributed by atoms with Gasteiger partial charge in [0.05, 0.1) is 23.3 Å². The molecule has 5 rings (SSSR count). The van der Waals surface area contributed by atoms with E-state index in [0.29, 0.717) is 43.4 Å². The van der Waals surface area contributed by atoms with Gasteiger partial charge in [0.15, 0.2) is 0 Å². The number of nitrogens with one attached hydrogen (secondary N) is 2. The zero-order valence-corrected chi connectivity index (χ0v) is 17.3. The van der Waals surface area contributed by atoms with Gasteiger partial charge in [-0.15, -0.1) is 0 Å². The normalized spacial score (nSPS) is 22.7. The Hall–Kier alpha value is -2.85. The van der Waals surface area contributed by atoms with Gasteiger partial charge in [-0.05, 0) is 49.4 Å². The summed E-state index contributed by atoms with van der Waals surface area (Å²) in [4.78, 5) is 18.6. The number of nitrogens with zero attached hydrogens (tertiary/aromatic N) is 3. The minimum atomic E-state index is -4.51. The van der Waals surface area contributed by atoms with Crippen LogP contribution in [-0.2, 0) is 17.5 Å². The monoisotopic (exact) mass is 447 g/mol. The largest absolute Gasteiger partial charge is 0.468 e. The third kappa shape index (κ3) is 4.00. The number of likely N-dealkylation sites (tertiary alicyclic amines) is 1. The Bertz CT molecular complexity index is 1090. The van der Waals surface area contributed by atoms with Crippen molar-refractivity contribution in [3.63, 3.8) is 0 Å². The van der Waals surface area contributed by atoms with Crippen LogP contribution in [0.1, 0.15) is 36.9 Å². The number of imidazole rings is 1. The fourth-order valence-corrected chi connectivity index (χ4v) is 4.69. The van der Waals surface area contributed by atoms with Crippen molar-refractivity contribution in [3.8, 4) is 0 Å². The zero-order valence-electron chi connectivity index (χ0n) is 17.3. The van der Waals surface area contributed by atoms with Gasteiger partial charge >= 0.3 is 6.18 Å². The van der Waals surface area contributed by atoms with E-state index in [4.69, 9.17) is 4.42 Å². The van der Waals surface area contributed by atoms with Gasteiger partial charge in [0.25, 0.3) is 0 Å². The number of alkyl halides is 3. The number of aromatic nitrogens is 2. The lowest BCUT2D eigenvalue weighted by atomic mass is 9.95. The molecule has 2 fully saturated rings. The second-order valence-corrected chi connectivity index (χ2v) is 8.45. The third-order valence-corrected chi connectivity index (χ3v) is 6.36. The van der Waals surface area contributed by atoms with Crippen LogP contribution in [0.2, 0.25) is 0 Å². The summed E-state index contributed by atoms with van der Waals surface area (Å²) < 4.78 is 47.4. The summed E-state index contributed by atoms with van der Waals surface area (Å²) in [6, 6.07) is 9.94. The lowest BCUT2D eigenvalue weighted by molar-refractivity contribution is -0.147. The van der Waals surface area contributed by atoms with E-state index in [1.54, 1.807) is 35.4 Å². The highest BCUT2D eigenvalue weighted by atomic mass is 19.4. The standard InChI is InChI=1S/C22H24F3N5O2/c23-22(24,25)21-26-15-4-1-2-5-18(15)30(21)13-14-7-9-29(10-8-14)20(31)17-12-16(27-28-17)19-6-3-11-32-19/h1-6,11,14,16-17,27-28H,7-10,12-13H2. The smallest absolute Gasteiger partial charge is 0.449 e. The highest BCUT2D eigenvalue weighted by molar-refractivity contribution is 5.82. The molecular weight excluding hydrogens is 423 g/mol. The van der Waals surface area contributed by atoms with Crippen LogP contribution in [0.4, 0.5) is 13.2 Å². The van der Waals surface area contributed by atoms with E-state index in [2.05, 4.69) is 15.8 Å². The SMILES string of the molecule is O=C(C1CC(c2ccco2)NN1)N1CCC(Cn2c(C(F)(F)F)nc3ccccc32)CC1. The Morgan fingerprint density at radius 3 is 2.62 bits per heavy atom. The number of rotatable bonds is 4. The number of hydrogen-bond acceptors (Lipinski definition) is 5. The van der Waals surface area contributed by atoms with Crippen LogP contribution < -0.4 is 10.9 Å². The maximum absolute atomic E-state index is 13.6. The van der Waals surface area contributed by atoms with E-state index in [1.165, 1.54) is 4.57 Å². The summed E-state index contributed by atoms with van der Waals surface area (Å²) in [6.45, 7) is 1.29.